The van der Waals surface area contributed by atoms with Gasteiger partial charge in [-0.2, -0.15) is 0 Å². The van der Waals surface area contributed by atoms with E-state index >= 15 is 0 Å². The summed E-state index contributed by atoms with van der Waals surface area (Å²) in [5, 5.41) is 9.97. The number of nitrogens with zero attached hydrogens (tertiary/aromatic N) is 1. The Morgan fingerprint density at radius 3 is 2.50 bits per heavy atom. The van der Waals surface area contributed by atoms with E-state index < -0.39 is 0 Å². The molecule has 0 bridgehead atoms. The molecule has 1 aromatic carbocycles. The van der Waals surface area contributed by atoms with Crippen molar-refractivity contribution in [2.45, 2.75) is 32.9 Å². The van der Waals surface area contributed by atoms with Crippen LogP contribution in [0.15, 0.2) is 29.3 Å². The van der Waals surface area contributed by atoms with Crippen molar-refractivity contribution in [3.8, 4) is 0 Å². The molecule has 1 atom stereocenters. The maximum atomic E-state index is 5.01. The van der Waals surface area contributed by atoms with Gasteiger partial charge in [-0.3, -0.25) is 4.99 Å². The molecule has 6 heteroatoms. The van der Waals surface area contributed by atoms with Gasteiger partial charge in [0.2, 0.25) is 0 Å². The van der Waals surface area contributed by atoms with Crippen molar-refractivity contribution in [2.24, 2.45) is 4.99 Å². The van der Waals surface area contributed by atoms with Crippen LogP contribution in [-0.2, 0) is 11.3 Å². The van der Waals surface area contributed by atoms with Crippen LogP contribution in [0.2, 0.25) is 0 Å². The lowest BCUT2D eigenvalue weighted by atomic mass is 10.2. The Hall–Kier alpha value is -1.02. The number of halogens is 1. The second-order valence-corrected chi connectivity index (χ2v) is 5.00. The highest BCUT2D eigenvalue weighted by atomic mass is 127. The lowest BCUT2D eigenvalue weighted by Gasteiger charge is -2.16. The number of anilines is 1. The number of guanidine groups is 1. The van der Waals surface area contributed by atoms with E-state index in [4.69, 9.17) is 4.74 Å². The van der Waals surface area contributed by atoms with E-state index in [-0.39, 0.29) is 24.0 Å². The summed E-state index contributed by atoms with van der Waals surface area (Å²) >= 11 is 0. The summed E-state index contributed by atoms with van der Waals surface area (Å²) in [6, 6.07) is 8.80. The number of benzene rings is 1. The Kier molecular flexibility index (Phi) is 11.9. The molecule has 1 unspecified atom stereocenters. The summed E-state index contributed by atoms with van der Waals surface area (Å²) in [5.74, 6) is 0.839. The third kappa shape index (κ3) is 8.43. The number of hydrogen-bond acceptors (Lipinski definition) is 3. The molecule has 0 spiro atoms. The number of nitrogens with one attached hydrogen (secondary N) is 3. The third-order valence-electron chi connectivity index (χ3n) is 3.27. The molecule has 0 aliphatic rings. The Morgan fingerprint density at radius 2 is 1.95 bits per heavy atom. The molecule has 22 heavy (non-hydrogen) atoms. The van der Waals surface area contributed by atoms with Gasteiger partial charge >= 0.3 is 0 Å². The summed E-state index contributed by atoms with van der Waals surface area (Å²) in [5.41, 5.74) is 2.33. The minimum absolute atomic E-state index is 0. The van der Waals surface area contributed by atoms with Gasteiger partial charge in [-0.1, -0.05) is 19.1 Å². The summed E-state index contributed by atoms with van der Waals surface area (Å²) in [7, 11) is 3.50. The lowest BCUT2D eigenvalue weighted by Crippen LogP contribution is -2.41. The first-order valence-corrected chi connectivity index (χ1v) is 7.48. The first-order valence-electron chi connectivity index (χ1n) is 7.48. The molecule has 5 nitrogen and oxygen atoms in total. The summed E-state index contributed by atoms with van der Waals surface area (Å²) in [4.78, 5) is 4.23. The number of aliphatic imine (C=N–C) groups is 1. The largest absolute Gasteiger partial charge is 0.383 e. The minimum atomic E-state index is 0. The van der Waals surface area contributed by atoms with E-state index in [0.29, 0.717) is 12.6 Å². The van der Waals surface area contributed by atoms with E-state index in [2.05, 4.69) is 59.1 Å². The average Bonchev–Trinajstić information content (AvgIpc) is 2.52. The summed E-state index contributed by atoms with van der Waals surface area (Å²) in [6.07, 6.45) is 1.07. The topological polar surface area (TPSA) is 57.7 Å². The molecular formula is C16H29IN4O. The molecule has 1 rings (SSSR count). The highest BCUT2D eigenvalue weighted by Gasteiger charge is 2.02. The molecule has 0 heterocycles. The van der Waals surface area contributed by atoms with E-state index in [1.54, 1.807) is 14.2 Å². The van der Waals surface area contributed by atoms with Gasteiger partial charge in [0.15, 0.2) is 5.96 Å². The zero-order valence-electron chi connectivity index (χ0n) is 14.0. The van der Waals surface area contributed by atoms with Crippen LogP contribution in [0, 0.1) is 0 Å². The molecule has 0 saturated carbocycles. The zero-order chi connectivity index (χ0) is 15.5. The van der Waals surface area contributed by atoms with Crippen LogP contribution >= 0.6 is 24.0 Å². The average molecular weight is 420 g/mol. The van der Waals surface area contributed by atoms with Crippen LogP contribution in [0.5, 0.6) is 0 Å². The quantitative estimate of drug-likeness (QED) is 0.262. The maximum absolute atomic E-state index is 5.01. The molecule has 0 saturated heterocycles. The Balaban J connectivity index is 0.00000441. The molecular weight excluding hydrogens is 391 g/mol. The molecule has 3 N–H and O–H groups in total. The van der Waals surface area contributed by atoms with Crippen LogP contribution in [-0.4, -0.2) is 39.3 Å². The second kappa shape index (κ2) is 12.5. The van der Waals surface area contributed by atoms with Gasteiger partial charge in [0.05, 0.1) is 6.61 Å². The van der Waals surface area contributed by atoms with Crippen LogP contribution in [0.3, 0.4) is 0 Å². The zero-order valence-corrected chi connectivity index (χ0v) is 16.3. The highest BCUT2D eigenvalue weighted by Crippen LogP contribution is 2.09. The van der Waals surface area contributed by atoms with E-state index in [0.717, 1.165) is 31.2 Å². The molecule has 0 aliphatic carbocycles. The van der Waals surface area contributed by atoms with E-state index in [9.17, 15) is 0 Å². The molecule has 0 amide bonds. The summed E-state index contributed by atoms with van der Waals surface area (Å²) < 4.78 is 5.01. The fourth-order valence-corrected chi connectivity index (χ4v) is 1.75. The first-order chi connectivity index (χ1) is 10.2. The van der Waals surface area contributed by atoms with Gasteiger partial charge in [0.25, 0.3) is 0 Å². The first kappa shape index (κ1) is 21.0. The molecule has 0 radical (unpaired) electrons. The van der Waals surface area contributed by atoms with Crippen molar-refractivity contribution in [1.82, 2.24) is 10.6 Å². The molecule has 1 aromatic rings. The van der Waals surface area contributed by atoms with Crippen molar-refractivity contribution >= 4 is 35.6 Å². The van der Waals surface area contributed by atoms with Gasteiger partial charge in [0, 0.05) is 39.0 Å². The fourth-order valence-electron chi connectivity index (χ4n) is 1.75. The Labute approximate surface area is 151 Å². The molecule has 0 aromatic heterocycles. The number of ether oxygens (including phenoxy) is 1. The van der Waals surface area contributed by atoms with Crippen molar-refractivity contribution in [3.63, 3.8) is 0 Å². The second-order valence-electron chi connectivity index (χ2n) is 5.00. The van der Waals surface area contributed by atoms with Crippen LogP contribution in [0.1, 0.15) is 25.8 Å². The van der Waals surface area contributed by atoms with Crippen molar-refractivity contribution in [3.05, 3.63) is 29.8 Å². The third-order valence-corrected chi connectivity index (χ3v) is 3.27. The van der Waals surface area contributed by atoms with Crippen LogP contribution < -0.4 is 16.0 Å². The number of methoxy groups -OCH3 is 1. The van der Waals surface area contributed by atoms with Crippen molar-refractivity contribution in [2.75, 3.05) is 32.6 Å². The van der Waals surface area contributed by atoms with Gasteiger partial charge in [-0.25, -0.2) is 0 Å². The minimum Gasteiger partial charge on any atom is -0.383 e. The van der Waals surface area contributed by atoms with Crippen LogP contribution in [0.25, 0.3) is 0 Å². The van der Waals surface area contributed by atoms with Crippen molar-refractivity contribution < 1.29 is 4.74 Å². The van der Waals surface area contributed by atoms with E-state index in [1.807, 2.05) is 0 Å². The predicted octanol–water partition coefficient (Wildman–Crippen LogP) is 2.83. The van der Waals surface area contributed by atoms with Gasteiger partial charge < -0.3 is 20.7 Å². The smallest absolute Gasteiger partial charge is 0.191 e. The Bertz CT molecular complexity index is 423. The van der Waals surface area contributed by atoms with E-state index in [1.165, 1.54) is 5.56 Å². The predicted molar refractivity (Wildman–Crippen MR) is 105 cm³/mol. The van der Waals surface area contributed by atoms with Crippen molar-refractivity contribution in [1.29, 1.82) is 0 Å². The monoisotopic (exact) mass is 420 g/mol. The normalized spacial score (nSPS) is 12.3. The van der Waals surface area contributed by atoms with Crippen LogP contribution in [0.4, 0.5) is 5.69 Å². The Morgan fingerprint density at radius 1 is 1.27 bits per heavy atom. The maximum Gasteiger partial charge on any atom is 0.191 e. The SMILES string of the molecule is CCC(C)NC(=NC)NCc1ccc(NCCOC)cc1.I. The molecule has 0 fully saturated rings. The lowest BCUT2D eigenvalue weighted by molar-refractivity contribution is 0.211. The molecule has 126 valence electrons. The number of hydrogen-bond donors (Lipinski definition) is 3. The standard InChI is InChI=1S/C16H28N4O.HI/c1-5-13(2)20-16(17-3)19-12-14-6-8-15(9-7-14)18-10-11-21-4;/h6-9,13,18H,5,10-12H2,1-4H3,(H2,17,19,20);1H. The summed E-state index contributed by atoms with van der Waals surface area (Å²) in [6.45, 7) is 6.59. The number of rotatable bonds is 8. The van der Waals surface area contributed by atoms with Gasteiger partial charge in [-0.15, -0.1) is 24.0 Å². The van der Waals surface area contributed by atoms with Gasteiger partial charge in [-0.05, 0) is 31.0 Å². The van der Waals surface area contributed by atoms with Gasteiger partial charge in [0.1, 0.15) is 0 Å². The fraction of sp³-hybridized carbons (Fsp3) is 0.562. The highest BCUT2D eigenvalue weighted by molar-refractivity contribution is 14.0. The molecule has 0 aliphatic heterocycles.